The van der Waals surface area contributed by atoms with Crippen LogP contribution in [0.1, 0.15) is 49.2 Å². The molecule has 6 heteroatoms. The molecule has 6 nitrogen and oxygen atoms in total. The Morgan fingerprint density at radius 3 is 2.26 bits per heavy atom. The summed E-state index contributed by atoms with van der Waals surface area (Å²) < 4.78 is 10.2. The highest BCUT2D eigenvalue weighted by molar-refractivity contribution is 5.95. The van der Waals surface area contributed by atoms with Crippen LogP contribution in [0.5, 0.6) is 11.5 Å². The summed E-state index contributed by atoms with van der Waals surface area (Å²) in [5, 5.41) is 3.97. The van der Waals surface area contributed by atoms with Crippen molar-refractivity contribution in [2.75, 3.05) is 7.11 Å². The van der Waals surface area contributed by atoms with Gasteiger partial charge < -0.3 is 9.47 Å². The minimum atomic E-state index is -0.431. The van der Waals surface area contributed by atoms with E-state index in [2.05, 4.69) is 31.3 Å². The van der Waals surface area contributed by atoms with Gasteiger partial charge in [-0.15, -0.1) is 0 Å². The molecule has 0 heterocycles. The molecule has 0 saturated carbocycles. The Hall–Kier alpha value is -3.15. The largest absolute Gasteiger partial charge is 0.493 e. The third-order valence-corrected chi connectivity index (χ3v) is 3.83. The zero-order valence-electron chi connectivity index (χ0n) is 16.2. The molecular weight excluding hydrogens is 344 g/mol. The second-order valence-corrected chi connectivity index (χ2v) is 7.03. The molecule has 0 atom stereocenters. The van der Waals surface area contributed by atoms with Crippen LogP contribution >= 0.6 is 0 Å². The Kier molecular flexibility index (Phi) is 6.34. The summed E-state index contributed by atoms with van der Waals surface area (Å²) in [7, 11) is 1.48. The molecule has 0 spiro atoms. The van der Waals surface area contributed by atoms with Gasteiger partial charge in [-0.3, -0.25) is 9.59 Å². The Balaban J connectivity index is 2.04. The first-order valence-corrected chi connectivity index (χ1v) is 8.51. The summed E-state index contributed by atoms with van der Waals surface area (Å²) in [6.45, 7) is 7.67. The smallest absolute Gasteiger partial charge is 0.308 e. The lowest BCUT2D eigenvalue weighted by atomic mass is 9.87. The predicted molar refractivity (Wildman–Crippen MR) is 105 cm³/mol. The molecule has 0 aliphatic carbocycles. The van der Waals surface area contributed by atoms with Crippen LogP contribution < -0.4 is 14.9 Å². The summed E-state index contributed by atoms with van der Waals surface area (Å²) in [5.74, 6) is -0.00182. The summed E-state index contributed by atoms with van der Waals surface area (Å²) in [6.07, 6.45) is 1.49. The second kappa shape index (κ2) is 8.49. The van der Waals surface area contributed by atoms with Crippen molar-refractivity contribution in [2.45, 2.75) is 33.1 Å². The fourth-order valence-electron chi connectivity index (χ4n) is 2.36. The Morgan fingerprint density at radius 1 is 1.04 bits per heavy atom. The molecule has 2 rings (SSSR count). The number of rotatable bonds is 5. The van der Waals surface area contributed by atoms with Crippen molar-refractivity contribution >= 4 is 18.1 Å². The molecule has 0 unspecified atom stereocenters. The van der Waals surface area contributed by atoms with Gasteiger partial charge in [0.05, 0.1) is 13.3 Å². The number of methoxy groups -OCH3 is 1. The fraction of sp³-hybridized carbons (Fsp3) is 0.286. The van der Waals surface area contributed by atoms with Gasteiger partial charge in [-0.1, -0.05) is 32.9 Å². The van der Waals surface area contributed by atoms with E-state index in [9.17, 15) is 9.59 Å². The molecule has 27 heavy (non-hydrogen) atoms. The highest BCUT2D eigenvalue weighted by Gasteiger charge is 2.14. The molecule has 0 aromatic heterocycles. The number of hydrogen-bond donors (Lipinski definition) is 1. The zero-order chi connectivity index (χ0) is 20.0. The topological polar surface area (TPSA) is 77.0 Å². The van der Waals surface area contributed by atoms with Gasteiger partial charge in [0.1, 0.15) is 0 Å². The summed E-state index contributed by atoms with van der Waals surface area (Å²) in [5.41, 5.74) is 4.90. The number of ether oxygens (including phenoxy) is 2. The van der Waals surface area contributed by atoms with Gasteiger partial charge >= 0.3 is 5.97 Å². The quantitative estimate of drug-likeness (QED) is 0.378. The third kappa shape index (κ3) is 5.67. The van der Waals surface area contributed by atoms with Crippen molar-refractivity contribution in [2.24, 2.45) is 5.10 Å². The second-order valence-electron chi connectivity index (χ2n) is 7.03. The fourth-order valence-corrected chi connectivity index (χ4v) is 2.36. The van der Waals surface area contributed by atoms with E-state index >= 15 is 0 Å². The van der Waals surface area contributed by atoms with Gasteiger partial charge in [0.15, 0.2) is 11.5 Å². The molecule has 0 aliphatic rings. The zero-order valence-corrected chi connectivity index (χ0v) is 16.2. The van der Waals surface area contributed by atoms with E-state index in [0.29, 0.717) is 22.6 Å². The van der Waals surface area contributed by atoms with Crippen molar-refractivity contribution in [3.8, 4) is 11.5 Å². The molecule has 0 bridgehead atoms. The van der Waals surface area contributed by atoms with E-state index in [4.69, 9.17) is 9.47 Å². The van der Waals surface area contributed by atoms with Crippen molar-refractivity contribution in [3.05, 3.63) is 59.2 Å². The van der Waals surface area contributed by atoms with Crippen LogP contribution in [0.25, 0.3) is 0 Å². The molecular formula is C21H24N2O4. The molecule has 0 fully saturated rings. The number of hydrogen-bond acceptors (Lipinski definition) is 5. The highest BCUT2D eigenvalue weighted by atomic mass is 16.6. The number of nitrogens with zero attached hydrogens (tertiary/aromatic N) is 1. The lowest BCUT2D eigenvalue weighted by Crippen LogP contribution is -2.18. The number of hydrazone groups is 1. The van der Waals surface area contributed by atoms with Crippen LogP contribution in [0.3, 0.4) is 0 Å². The van der Waals surface area contributed by atoms with Crippen LogP contribution in [0.15, 0.2) is 47.6 Å². The number of carbonyl (C=O) groups excluding carboxylic acids is 2. The average molecular weight is 368 g/mol. The number of benzene rings is 2. The third-order valence-electron chi connectivity index (χ3n) is 3.83. The average Bonchev–Trinajstić information content (AvgIpc) is 2.61. The maximum Gasteiger partial charge on any atom is 0.308 e. The van der Waals surface area contributed by atoms with Crippen LogP contribution in [0.2, 0.25) is 0 Å². The van der Waals surface area contributed by atoms with Gasteiger partial charge in [-0.2, -0.15) is 5.10 Å². The molecule has 2 aromatic carbocycles. The van der Waals surface area contributed by atoms with E-state index in [-0.39, 0.29) is 11.3 Å². The van der Waals surface area contributed by atoms with Crippen LogP contribution in [0, 0.1) is 0 Å². The van der Waals surface area contributed by atoms with E-state index < -0.39 is 5.97 Å². The van der Waals surface area contributed by atoms with E-state index in [1.165, 1.54) is 20.2 Å². The SMILES string of the molecule is COc1cc(/C=N\NC(=O)c2ccc(C(C)(C)C)cc2)ccc1OC(C)=O. The lowest BCUT2D eigenvalue weighted by Gasteiger charge is -2.18. The molecule has 0 radical (unpaired) electrons. The maximum absolute atomic E-state index is 12.2. The molecule has 142 valence electrons. The lowest BCUT2D eigenvalue weighted by molar-refractivity contribution is -0.132. The van der Waals surface area contributed by atoms with Crippen LogP contribution in [0.4, 0.5) is 0 Å². The number of esters is 1. The number of amides is 1. The Bertz CT molecular complexity index is 849. The van der Waals surface area contributed by atoms with Gasteiger partial charge in [-0.25, -0.2) is 5.43 Å². The van der Waals surface area contributed by atoms with Crippen molar-refractivity contribution in [1.82, 2.24) is 5.43 Å². The first-order chi connectivity index (χ1) is 12.7. The normalized spacial score (nSPS) is 11.3. The molecule has 0 aliphatic heterocycles. The highest BCUT2D eigenvalue weighted by Crippen LogP contribution is 2.27. The van der Waals surface area contributed by atoms with Gasteiger partial charge in [-0.05, 0) is 46.9 Å². The van der Waals surface area contributed by atoms with E-state index in [1.807, 2.05) is 12.1 Å². The van der Waals surface area contributed by atoms with Crippen molar-refractivity contribution in [1.29, 1.82) is 0 Å². The van der Waals surface area contributed by atoms with Crippen molar-refractivity contribution in [3.63, 3.8) is 0 Å². The minimum absolute atomic E-state index is 0.0322. The van der Waals surface area contributed by atoms with Crippen LogP contribution in [-0.2, 0) is 10.2 Å². The maximum atomic E-state index is 12.2. The standard InChI is InChI=1S/C21H24N2O4/c1-14(24)27-18-11-6-15(12-19(18)26-5)13-22-23-20(25)16-7-9-17(10-8-16)21(2,3)4/h6-13H,1-5H3,(H,23,25)/b22-13-. The van der Waals surface area contributed by atoms with Gasteiger partial charge in [0.2, 0.25) is 0 Å². The minimum Gasteiger partial charge on any atom is -0.493 e. The number of carbonyl (C=O) groups is 2. The van der Waals surface area contributed by atoms with Crippen LogP contribution in [-0.4, -0.2) is 25.2 Å². The van der Waals surface area contributed by atoms with E-state index in [0.717, 1.165) is 5.56 Å². The summed E-state index contributed by atoms with van der Waals surface area (Å²) in [4.78, 5) is 23.3. The van der Waals surface area contributed by atoms with Gasteiger partial charge in [0.25, 0.3) is 5.91 Å². The van der Waals surface area contributed by atoms with Gasteiger partial charge in [0, 0.05) is 12.5 Å². The first-order valence-electron chi connectivity index (χ1n) is 8.51. The molecule has 1 amide bonds. The van der Waals surface area contributed by atoms with Crippen molar-refractivity contribution < 1.29 is 19.1 Å². The Morgan fingerprint density at radius 2 is 1.70 bits per heavy atom. The number of nitrogens with one attached hydrogen (secondary N) is 1. The summed E-state index contributed by atoms with van der Waals surface area (Å²) >= 11 is 0. The Labute approximate surface area is 159 Å². The molecule has 0 saturated heterocycles. The predicted octanol–water partition coefficient (Wildman–Crippen LogP) is 3.68. The molecule has 2 aromatic rings. The first kappa shape index (κ1) is 20.2. The van der Waals surface area contributed by atoms with E-state index in [1.54, 1.807) is 30.3 Å². The summed E-state index contributed by atoms with van der Waals surface area (Å²) in [6, 6.07) is 12.4. The molecule has 1 N–H and O–H groups in total. The monoisotopic (exact) mass is 368 g/mol.